The number of carbonyl (C=O) groups is 4. The molecule has 0 radical (unpaired) electrons. The minimum atomic E-state index is -1.08. The van der Waals surface area contributed by atoms with E-state index in [0.717, 1.165) is 43.6 Å². The number of ether oxygens (including phenoxy) is 1. The standard InChI is InChI=1S/C36H47ClN6O7/c1-24-20-25(21-29(37)33(24)46)22-31(34(47)41-18-16-40(17-19-41)27-7-11-39(12-8-27)23-32(44)45)50-36(49)42-13-9-28(10-14-42)43-15-6-26-4-2-3-5-30(26)38-35(43)48/h2-5,20-21,27-28,31,46H,6-19,22-23H2,1H3,(H,38,48)(H,44,45)/t31-/m1/s1. The molecule has 0 aromatic heterocycles. The number of piperazine rings is 1. The van der Waals surface area contributed by atoms with E-state index in [4.69, 9.17) is 21.4 Å². The molecule has 0 unspecified atom stereocenters. The van der Waals surface area contributed by atoms with Crippen LogP contribution in [0.5, 0.6) is 5.75 Å². The molecule has 4 amide bonds. The highest BCUT2D eigenvalue weighted by Crippen LogP contribution is 2.30. The number of hydrogen-bond acceptors (Lipinski definition) is 8. The van der Waals surface area contributed by atoms with Crippen molar-refractivity contribution in [3.8, 4) is 5.75 Å². The van der Waals surface area contributed by atoms with Crippen LogP contribution in [0.25, 0.3) is 0 Å². The van der Waals surface area contributed by atoms with Gasteiger partial charge in [0.15, 0.2) is 6.10 Å². The number of hydrogen-bond donors (Lipinski definition) is 3. The Bertz CT molecular complexity index is 1540. The Morgan fingerprint density at radius 3 is 2.28 bits per heavy atom. The maximum Gasteiger partial charge on any atom is 0.410 e. The average molecular weight is 711 g/mol. The molecule has 3 saturated heterocycles. The number of anilines is 1. The number of aliphatic carboxylic acids is 1. The number of para-hydroxylation sites is 1. The number of halogens is 1. The second-order valence-corrected chi connectivity index (χ2v) is 14.2. The highest BCUT2D eigenvalue weighted by molar-refractivity contribution is 6.32. The topological polar surface area (TPSA) is 146 Å². The van der Waals surface area contributed by atoms with Gasteiger partial charge in [-0.3, -0.25) is 19.4 Å². The molecule has 50 heavy (non-hydrogen) atoms. The maximum atomic E-state index is 14.0. The lowest BCUT2D eigenvalue weighted by atomic mass is 10.0. The molecule has 3 fully saturated rings. The maximum absolute atomic E-state index is 14.0. The van der Waals surface area contributed by atoms with E-state index in [9.17, 15) is 24.3 Å². The van der Waals surface area contributed by atoms with E-state index in [1.807, 2.05) is 34.1 Å². The van der Waals surface area contributed by atoms with Gasteiger partial charge in [0.2, 0.25) is 0 Å². The third-order valence-corrected chi connectivity index (χ3v) is 10.9. The third kappa shape index (κ3) is 8.44. The number of phenols is 1. The van der Waals surface area contributed by atoms with E-state index in [1.165, 1.54) is 0 Å². The van der Waals surface area contributed by atoms with Gasteiger partial charge in [0.25, 0.3) is 5.91 Å². The zero-order valence-corrected chi connectivity index (χ0v) is 29.3. The van der Waals surface area contributed by atoms with Gasteiger partial charge in [-0.25, -0.2) is 9.59 Å². The van der Waals surface area contributed by atoms with Crippen LogP contribution in [-0.4, -0.2) is 142 Å². The Hall–Kier alpha value is -4.07. The van der Waals surface area contributed by atoms with Gasteiger partial charge in [-0.1, -0.05) is 35.9 Å². The van der Waals surface area contributed by atoms with Crippen molar-refractivity contribution in [3.63, 3.8) is 0 Å². The van der Waals surface area contributed by atoms with Crippen LogP contribution in [-0.2, 0) is 27.2 Å². The minimum Gasteiger partial charge on any atom is -0.506 e. The molecule has 2 aromatic rings. The number of fused-ring (bicyclic) bond motifs is 1. The van der Waals surface area contributed by atoms with E-state index in [1.54, 1.807) is 28.9 Å². The zero-order chi connectivity index (χ0) is 35.4. The Balaban J connectivity index is 1.06. The number of piperidine rings is 2. The summed E-state index contributed by atoms with van der Waals surface area (Å²) < 4.78 is 6.00. The lowest BCUT2D eigenvalue weighted by Crippen LogP contribution is -2.56. The number of likely N-dealkylation sites (tertiary alicyclic amines) is 2. The summed E-state index contributed by atoms with van der Waals surface area (Å²) in [6.07, 6.45) is 2.18. The molecule has 6 rings (SSSR count). The number of carboxylic acids is 1. The first kappa shape index (κ1) is 35.7. The van der Waals surface area contributed by atoms with E-state index in [-0.39, 0.29) is 41.7 Å². The van der Waals surface area contributed by atoms with Crippen LogP contribution in [0.4, 0.5) is 15.3 Å². The largest absolute Gasteiger partial charge is 0.506 e. The summed E-state index contributed by atoms with van der Waals surface area (Å²) in [4.78, 5) is 61.4. The number of amides is 4. The van der Waals surface area contributed by atoms with Gasteiger partial charge in [0.05, 0.1) is 11.6 Å². The molecule has 13 nitrogen and oxygen atoms in total. The summed E-state index contributed by atoms with van der Waals surface area (Å²) in [5.41, 5.74) is 3.18. The quantitative estimate of drug-likeness (QED) is 0.374. The number of rotatable bonds is 8. The van der Waals surface area contributed by atoms with Gasteiger partial charge in [0.1, 0.15) is 5.75 Å². The summed E-state index contributed by atoms with van der Waals surface area (Å²) >= 11 is 6.28. The number of nitrogens with one attached hydrogen (secondary N) is 1. The Kier molecular flexibility index (Phi) is 11.3. The second kappa shape index (κ2) is 15.9. The predicted octanol–water partition coefficient (Wildman–Crippen LogP) is 3.65. The van der Waals surface area contributed by atoms with E-state index in [0.29, 0.717) is 75.8 Å². The molecule has 3 N–H and O–H groups in total. The van der Waals surface area contributed by atoms with Gasteiger partial charge in [-0.2, -0.15) is 0 Å². The van der Waals surface area contributed by atoms with E-state index in [2.05, 4.69) is 10.2 Å². The van der Waals surface area contributed by atoms with Gasteiger partial charge in [0, 0.05) is 83.1 Å². The van der Waals surface area contributed by atoms with Crippen LogP contribution in [0.15, 0.2) is 36.4 Å². The molecule has 270 valence electrons. The van der Waals surface area contributed by atoms with Crippen LogP contribution in [0.1, 0.15) is 42.4 Å². The summed E-state index contributed by atoms with van der Waals surface area (Å²) in [5.74, 6) is -1.11. The fourth-order valence-electron chi connectivity index (χ4n) is 7.76. The number of carbonyl (C=O) groups excluding carboxylic acids is 3. The van der Waals surface area contributed by atoms with Crippen molar-refractivity contribution < 1.29 is 34.1 Å². The van der Waals surface area contributed by atoms with Crippen molar-refractivity contribution in [3.05, 3.63) is 58.1 Å². The number of urea groups is 1. The summed E-state index contributed by atoms with van der Waals surface area (Å²) in [6, 6.07) is 11.4. The number of benzene rings is 2. The van der Waals surface area contributed by atoms with Crippen molar-refractivity contribution in [1.29, 1.82) is 0 Å². The van der Waals surface area contributed by atoms with Crippen LogP contribution < -0.4 is 5.32 Å². The number of carboxylic acid groups (broad SMARTS) is 1. The molecular formula is C36H47ClN6O7. The molecular weight excluding hydrogens is 664 g/mol. The predicted molar refractivity (Wildman–Crippen MR) is 188 cm³/mol. The molecule has 4 aliphatic rings. The van der Waals surface area contributed by atoms with Crippen molar-refractivity contribution in [1.82, 2.24) is 24.5 Å². The van der Waals surface area contributed by atoms with Gasteiger partial charge >= 0.3 is 18.1 Å². The first-order valence-corrected chi connectivity index (χ1v) is 18.0. The lowest BCUT2D eigenvalue weighted by molar-refractivity contribution is -0.143. The number of aromatic hydroxyl groups is 1. The second-order valence-electron chi connectivity index (χ2n) is 13.8. The SMILES string of the molecule is Cc1cc(C[C@@H](OC(=O)N2CCC(N3CCc4ccccc4NC3=O)CC2)C(=O)N2CCN(C3CCN(CC(=O)O)CC3)CC2)cc(Cl)c1O. The Morgan fingerprint density at radius 1 is 0.920 bits per heavy atom. The van der Waals surface area contributed by atoms with E-state index >= 15 is 0 Å². The molecule has 1 atom stereocenters. The van der Waals surface area contributed by atoms with Crippen LogP contribution in [0.3, 0.4) is 0 Å². The highest BCUT2D eigenvalue weighted by atomic mass is 35.5. The molecule has 14 heteroatoms. The number of nitrogens with zero attached hydrogens (tertiary/aromatic N) is 5. The van der Waals surface area contributed by atoms with Crippen molar-refractivity contribution in [2.45, 2.75) is 63.6 Å². The first-order chi connectivity index (χ1) is 24.0. The van der Waals surface area contributed by atoms with E-state index < -0.39 is 18.2 Å². The minimum absolute atomic E-state index is 0.0198. The van der Waals surface area contributed by atoms with Crippen LogP contribution in [0.2, 0.25) is 5.02 Å². The fraction of sp³-hybridized carbons (Fsp3) is 0.556. The number of phenolic OH excluding ortho intramolecular Hbond substituents is 1. The molecule has 4 aliphatic heterocycles. The number of aryl methyl sites for hydroxylation is 1. The highest BCUT2D eigenvalue weighted by Gasteiger charge is 2.36. The molecule has 0 saturated carbocycles. The molecule has 2 aromatic carbocycles. The summed E-state index contributed by atoms with van der Waals surface area (Å²) in [6.45, 7) is 7.00. The fourth-order valence-corrected chi connectivity index (χ4v) is 8.05. The van der Waals surface area contributed by atoms with Gasteiger partial charge in [-0.05, 0) is 67.9 Å². The zero-order valence-electron chi connectivity index (χ0n) is 28.6. The normalized spacial score (nSPS) is 20.5. The average Bonchev–Trinajstić information content (AvgIpc) is 3.28. The Labute approximate surface area is 297 Å². The van der Waals surface area contributed by atoms with Crippen molar-refractivity contribution >= 4 is 41.3 Å². The molecule has 4 heterocycles. The molecule has 0 spiro atoms. The van der Waals surface area contributed by atoms with Gasteiger partial charge in [-0.15, -0.1) is 0 Å². The third-order valence-electron chi connectivity index (χ3n) is 10.6. The lowest BCUT2D eigenvalue weighted by Gasteiger charge is -2.43. The summed E-state index contributed by atoms with van der Waals surface area (Å²) in [5, 5.41) is 22.5. The first-order valence-electron chi connectivity index (χ1n) is 17.6. The van der Waals surface area contributed by atoms with Crippen LogP contribution >= 0.6 is 11.6 Å². The molecule has 0 aliphatic carbocycles. The smallest absolute Gasteiger partial charge is 0.410 e. The van der Waals surface area contributed by atoms with Crippen molar-refractivity contribution in [2.75, 3.05) is 70.8 Å². The molecule has 0 bridgehead atoms. The van der Waals surface area contributed by atoms with Crippen LogP contribution in [0, 0.1) is 6.92 Å². The monoisotopic (exact) mass is 710 g/mol. The summed E-state index contributed by atoms with van der Waals surface area (Å²) in [7, 11) is 0. The van der Waals surface area contributed by atoms with Crippen molar-refractivity contribution in [2.24, 2.45) is 0 Å². The Morgan fingerprint density at radius 2 is 1.60 bits per heavy atom. The van der Waals surface area contributed by atoms with Gasteiger partial charge < -0.3 is 35.0 Å².